The third-order valence-electron chi connectivity index (χ3n) is 12.6. The molecule has 0 aliphatic carbocycles. The molecule has 0 saturated carbocycles. The fourth-order valence-corrected chi connectivity index (χ4v) is 8.40. The van der Waals surface area contributed by atoms with Gasteiger partial charge in [0, 0.05) is 13.0 Å². The second-order valence-electron chi connectivity index (χ2n) is 18.4. The first-order valence-electron chi connectivity index (χ1n) is 25.6. The van der Waals surface area contributed by atoms with Crippen molar-refractivity contribution in [1.29, 1.82) is 0 Å². The van der Waals surface area contributed by atoms with Crippen molar-refractivity contribution in [3.05, 3.63) is 0 Å². The summed E-state index contributed by atoms with van der Waals surface area (Å²) < 4.78 is 34.3. The van der Waals surface area contributed by atoms with Crippen molar-refractivity contribution >= 4 is 5.97 Å². The van der Waals surface area contributed by atoms with E-state index in [0.717, 1.165) is 44.9 Å². The molecule has 0 amide bonds. The van der Waals surface area contributed by atoms with Gasteiger partial charge in [0.15, 0.2) is 12.6 Å². The van der Waals surface area contributed by atoms with Gasteiger partial charge in [-0.2, -0.15) is 0 Å². The fraction of sp³-hybridized carbons (Fsp3) is 0.980. The maximum absolute atomic E-state index is 13.0. The molecule has 0 aromatic rings. The molecule has 0 spiro atoms. The van der Waals surface area contributed by atoms with Crippen LogP contribution in [0.4, 0.5) is 0 Å². The Morgan fingerprint density at radius 3 is 1.29 bits per heavy atom. The highest BCUT2D eigenvalue weighted by molar-refractivity contribution is 5.69. The van der Waals surface area contributed by atoms with Gasteiger partial charge in [-0.05, 0) is 12.8 Å². The number of carbonyl (C=O) groups is 1. The third-order valence-corrected chi connectivity index (χ3v) is 12.6. The van der Waals surface area contributed by atoms with Gasteiger partial charge >= 0.3 is 5.97 Å². The van der Waals surface area contributed by atoms with Crippen molar-refractivity contribution in [3.8, 4) is 0 Å². The van der Waals surface area contributed by atoms with Crippen molar-refractivity contribution in [2.75, 3.05) is 33.0 Å². The molecule has 2 heterocycles. The zero-order valence-corrected chi connectivity index (χ0v) is 39.6. The van der Waals surface area contributed by atoms with Gasteiger partial charge in [-0.1, -0.05) is 187 Å². The number of carbonyl (C=O) groups excluding carboxylic acids is 1. The topological polar surface area (TPSA) is 214 Å². The van der Waals surface area contributed by atoms with Gasteiger partial charge in [-0.3, -0.25) is 4.79 Å². The number of unbranched alkanes of at least 4 members (excludes halogenated alkanes) is 27. The molecule has 2 rings (SSSR count). The SMILES string of the molecule is CCCCCCCCCCCCCCCCCOCC(COC1OC(COC2OC(CO)C(O)C(O)C2O)C(O)C(O)C1O)OC(=O)CCCCCCCCCCCCCCCC. The number of hydrogen-bond donors (Lipinski definition) is 7. The Balaban J connectivity index is 1.77. The molecular formula is C49H94O14. The zero-order valence-electron chi connectivity index (χ0n) is 39.6. The molecule has 14 nitrogen and oxygen atoms in total. The van der Waals surface area contributed by atoms with E-state index in [4.69, 9.17) is 28.4 Å². The van der Waals surface area contributed by atoms with E-state index in [1.54, 1.807) is 0 Å². The smallest absolute Gasteiger partial charge is 0.306 e. The fourth-order valence-electron chi connectivity index (χ4n) is 8.40. The molecule has 0 aromatic carbocycles. The van der Waals surface area contributed by atoms with Crippen LogP contribution in [0.1, 0.15) is 206 Å². The van der Waals surface area contributed by atoms with Gasteiger partial charge in [0.1, 0.15) is 54.9 Å². The Labute approximate surface area is 381 Å². The molecule has 2 saturated heterocycles. The van der Waals surface area contributed by atoms with Crippen molar-refractivity contribution in [1.82, 2.24) is 0 Å². The largest absolute Gasteiger partial charge is 0.457 e. The quantitative estimate of drug-likeness (QED) is 0.0237. The molecule has 2 aliphatic rings. The van der Waals surface area contributed by atoms with Gasteiger partial charge in [0.2, 0.25) is 0 Å². The van der Waals surface area contributed by atoms with Crippen LogP contribution in [0.25, 0.3) is 0 Å². The second-order valence-corrected chi connectivity index (χ2v) is 18.4. The van der Waals surface area contributed by atoms with Crippen LogP contribution in [0.15, 0.2) is 0 Å². The van der Waals surface area contributed by atoms with E-state index in [-0.39, 0.29) is 25.6 Å². The average Bonchev–Trinajstić information content (AvgIpc) is 3.28. The first-order chi connectivity index (χ1) is 30.6. The van der Waals surface area contributed by atoms with E-state index in [1.807, 2.05) is 0 Å². The Morgan fingerprint density at radius 1 is 0.460 bits per heavy atom. The van der Waals surface area contributed by atoms with Gasteiger partial charge in [-0.15, -0.1) is 0 Å². The summed E-state index contributed by atoms with van der Waals surface area (Å²) >= 11 is 0. The highest BCUT2D eigenvalue weighted by Gasteiger charge is 2.47. The maximum Gasteiger partial charge on any atom is 0.306 e. The summed E-state index contributed by atoms with van der Waals surface area (Å²) in [7, 11) is 0. The van der Waals surface area contributed by atoms with Gasteiger partial charge < -0.3 is 64.2 Å². The lowest BCUT2D eigenvalue weighted by Gasteiger charge is -2.42. The highest BCUT2D eigenvalue weighted by Crippen LogP contribution is 2.26. The standard InChI is InChI=1S/C49H94O14/c1-3-5-7-9-11-13-15-17-19-21-23-25-27-29-31-33-58-35-38(61-41(51)32-30-28-26-24-22-20-18-16-14-12-10-8-6-4-2)36-59-48-47(57)45(55)43(53)40(63-48)37-60-49-46(56)44(54)42(52)39(34-50)62-49/h38-40,42-50,52-57H,3-37H2,1-2H3. The van der Waals surface area contributed by atoms with Crippen LogP contribution in [0.3, 0.4) is 0 Å². The molecular weight excluding hydrogens is 813 g/mol. The first kappa shape index (κ1) is 58.1. The van der Waals surface area contributed by atoms with Gasteiger partial charge in [-0.25, -0.2) is 0 Å². The molecule has 63 heavy (non-hydrogen) atoms. The lowest BCUT2D eigenvalue weighted by atomic mass is 9.98. The van der Waals surface area contributed by atoms with Crippen LogP contribution in [0.2, 0.25) is 0 Å². The predicted molar refractivity (Wildman–Crippen MR) is 243 cm³/mol. The van der Waals surface area contributed by atoms with E-state index in [2.05, 4.69) is 13.8 Å². The van der Waals surface area contributed by atoms with Crippen LogP contribution in [0.5, 0.6) is 0 Å². The summed E-state index contributed by atoms with van der Waals surface area (Å²) in [6.07, 6.45) is 20.2. The monoisotopic (exact) mass is 907 g/mol. The molecule has 11 unspecified atom stereocenters. The lowest BCUT2D eigenvalue weighted by molar-refractivity contribution is -0.332. The van der Waals surface area contributed by atoms with Crippen molar-refractivity contribution in [3.63, 3.8) is 0 Å². The van der Waals surface area contributed by atoms with Crippen LogP contribution < -0.4 is 0 Å². The number of aliphatic hydroxyl groups is 7. The Morgan fingerprint density at radius 2 is 0.841 bits per heavy atom. The first-order valence-corrected chi connectivity index (χ1v) is 25.6. The summed E-state index contributed by atoms with van der Waals surface area (Å²) in [5, 5.41) is 72.1. The zero-order chi connectivity index (χ0) is 45.9. The summed E-state index contributed by atoms with van der Waals surface area (Å²) in [5.74, 6) is -0.371. The van der Waals surface area contributed by atoms with E-state index in [0.29, 0.717) is 6.61 Å². The lowest BCUT2D eigenvalue weighted by Crippen LogP contribution is -2.61. The third kappa shape index (κ3) is 26.2. The Bertz CT molecular complexity index is 1050. The van der Waals surface area contributed by atoms with Gasteiger partial charge in [0.25, 0.3) is 0 Å². The molecule has 7 N–H and O–H groups in total. The van der Waals surface area contributed by atoms with Gasteiger partial charge in [0.05, 0.1) is 26.4 Å². The molecule has 0 aromatic heterocycles. The number of aliphatic hydroxyl groups excluding tert-OH is 7. The van der Waals surface area contributed by atoms with Crippen LogP contribution in [-0.2, 0) is 33.2 Å². The van der Waals surface area contributed by atoms with Crippen LogP contribution >= 0.6 is 0 Å². The molecule has 2 fully saturated rings. The van der Waals surface area contributed by atoms with Crippen molar-refractivity contribution in [2.24, 2.45) is 0 Å². The minimum absolute atomic E-state index is 0.0702. The van der Waals surface area contributed by atoms with E-state index in [9.17, 15) is 40.5 Å². The minimum atomic E-state index is -1.70. The number of esters is 1. The van der Waals surface area contributed by atoms with Crippen molar-refractivity contribution in [2.45, 2.75) is 274 Å². The van der Waals surface area contributed by atoms with E-state index >= 15 is 0 Å². The van der Waals surface area contributed by atoms with Crippen LogP contribution in [0, 0.1) is 0 Å². The molecule has 14 heteroatoms. The predicted octanol–water partition coefficient (Wildman–Crippen LogP) is 7.30. The molecule has 374 valence electrons. The minimum Gasteiger partial charge on any atom is -0.457 e. The summed E-state index contributed by atoms with van der Waals surface area (Å²) in [6, 6.07) is 0. The van der Waals surface area contributed by atoms with E-state index < -0.39 is 80.7 Å². The van der Waals surface area contributed by atoms with E-state index in [1.165, 1.54) is 141 Å². The summed E-state index contributed by atoms with van der Waals surface area (Å²) in [6.45, 7) is 3.73. The number of hydrogen-bond acceptors (Lipinski definition) is 14. The second kappa shape index (κ2) is 38.0. The average molecular weight is 907 g/mol. The summed E-state index contributed by atoms with van der Waals surface area (Å²) in [5.41, 5.74) is 0. The normalized spacial score (nSPS) is 26.9. The maximum atomic E-state index is 13.0. The number of rotatable bonds is 41. The molecule has 2 aliphatic heterocycles. The number of ether oxygens (including phenoxy) is 6. The molecule has 11 atom stereocenters. The Hall–Kier alpha value is -1.01. The highest BCUT2D eigenvalue weighted by atomic mass is 16.7. The summed E-state index contributed by atoms with van der Waals surface area (Å²) in [4.78, 5) is 13.0. The Kier molecular flexibility index (Phi) is 35.1. The van der Waals surface area contributed by atoms with Crippen molar-refractivity contribution < 1.29 is 69.0 Å². The molecule has 0 radical (unpaired) electrons. The van der Waals surface area contributed by atoms with Crippen LogP contribution in [-0.4, -0.2) is 142 Å². The molecule has 0 bridgehead atoms.